The number of hydrogen-bond acceptors (Lipinski definition) is 8. The second-order valence-electron chi connectivity index (χ2n) is 6.64. The lowest BCUT2D eigenvalue weighted by atomic mass is 10.1. The molecule has 0 bridgehead atoms. The number of aryl methyl sites for hydroxylation is 1. The number of carbonyl (C=O) groups is 1. The molecule has 2 atom stereocenters. The van der Waals surface area contributed by atoms with Gasteiger partial charge in [0.2, 0.25) is 0 Å². The molecule has 4 heterocycles. The van der Waals surface area contributed by atoms with E-state index in [9.17, 15) is 4.79 Å². The van der Waals surface area contributed by atoms with Gasteiger partial charge in [0.05, 0.1) is 23.8 Å². The van der Waals surface area contributed by atoms with Crippen LogP contribution in [0.5, 0.6) is 0 Å². The molecule has 4 rings (SSSR count). The third kappa shape index (κ3) is 3.93. The largest absolute Gasteiger partial charge is 0.372 e. The highest BCUT2D eigenvalue weighted by Gasteiger charge is 2.25. The van der Waals surface area contributed by atoms with Crippen molar-refractivity contribution in [3.8, 4) is 10.7 Å². The van der Waals surface area contributed by atoms with Gasteiger partial charge >= 0.3 is 0 Å². The first-order chi connectivity index (χ1) is 13.6. The highest BCUT2D eigenvalue weighted by molar-refractivity contribution is 7.13. The zero-order valence-corrected chi connectivity index (χ0v) is 16.2. The van der Waals surface area contributed by atoms with Gasteiger partial charge in [0.25, 0.3) is 5.91 Å². The smallest absolute Gasteiger partial charge is 0.275 e. The van der Waals surface area contributed by atoms with E-state index in [1.54, 1.807) is 34.8 Å². The molecule has 1 saturated heterocycles. The number of nitrogens with one attached hydrogen (secondary N) is 1. The van der Waals surface area contributed by atoms with Crippen LogP contribution in [0.3, 0.4) is 0 Å². The van der Waals surface area contributed by atoms with Gasteiger partial charge in [0, 0.05) is 37.5 Å². The Labute approximate surface area is 166 Å². The Balaban J connectivity index is 1.52. The lowest BCUT2D eigenvalue weighted by Gasteiger charge is -2.17. The van der Waals surface area contributed by atoms with Crippen LogP contribution in [-0.2, 0) is 11.8 Å². The van der Waals surface area contributed by atoms with Crippen LogP contribution in [0.4, 0.5) is 5.69 Å². The minimum atomic E-state index is -0.300. The molecule has 0 saturated carbocycles. The van der Waals surface area contributed by atoms with Crippen molar-refractivity contribution in [1.29, 1.82) is 0 Å². The Morgan fingerprint density at radius 3 is 3.04 bits per heavy atom. The minimum Gasteiger partial charge on any atom is -0.372 e. The molecule has 1 aliphatic rings. The predicted molar refractivity (Wildman–Crippen MR) is 105 cm³/mol. The minimum absolute atomic E-state index is 0.144. The SMILES string of the molecule is Cn1ncc(NC(=O)c2csc(-c3cnccn3)n2)c1C1CC[C@@H](N)CCO1. The Kier molecular flexibility index (Phi) is 5.42. The van der Waals surface area contributed by atoms with Gasteiger partial charge in [-0.15, -0.1) is 11.3 Å². The van der Waals surface area contributed by atoms with Crippen LogP contribution < -0.4 is 11.1 Å². The van der Waals surface area contributed by atoms with Crippen LogP contribution in [0.15, 0.2) is 30.2 Å². The van der Waals surface area contributed by atoms with Crippen molar-refractivity contribution in [3.63, 3.8) is 0 Å². The zero-order chi connectivity index (χ0) is 19.5. The molecule has 0 spiro atoms. The number of hydrogen-bond donors (Lipinski definition) is 2. The summed E-state index contributed by atoms with van der Waals surface area (Å²) >= 11 is 1.35. The van der Waals surface area contributed by atoms with E-state index < -0.39 is 0 Å². The van der Waals surface area contributed by atoms with Gasteiger partial charge in [-0.2, -0.15) is 5.10 Å². The number of nitrogens with two attached hydrogens (primary N) is 1. The van der Waals surface area contributed by atoms with Crippen LogP contribution >= 0.6 is 11.3 Å². The van der Waals surface area contributed by atoms with Crippen LogP contribution in [0, 0.1) is 0 Å². The molecule has 1 fully saturated rings. The normalized spacial score (nSPS) is 19.9. The van der Waals surface area contributed by atoms with Gasteiger partial charge in [0.15, 0.2) is 0 Å². The number of rotatable bonds is 4. The zero-order valence-electron chi connectivity index (χ0n) is 15.4. The first-order valence-corrected chi connectivity index (χ1v) is 9.92. The summed E-state index contributed by atoms with van der Waals surface area (Å²) in [7, 11) is 1.84. The Morgan fingerprint density at radius 2 is 2.21 bits per heavy atom. The number of amides is 1. The van der Waals surface area contributed by atoms with Crippen molar-refractivity contribution in [1.82, 2.24) is 24.7 Å². The summed E-state index contributed by atoms with van der Waals surface area (Å²) in [4.78, 5) is 25.3. The van der Waals surface area contributed by atoms with Gasteiger partial charge in [-0.3, -0.25) is 19.4 Å². The maximum Gasteiger partial charge on any atom is 0.275 e. The number of anilines is 1. The molecule has 0 aliphatic carbocycles. The molecular formula is C18H21N7O2S. The summed E-state index contributed by atoms with van der Waals surface area (Å²) < 4.78 is 7.71. The van der Waals surface area contributed by atoms with Crippen molar-refractivity contribution in [2.45, 2.75) is 31.4 Å². The number of thiazole rings is 1. The summed E-state index contributed by atoms with van der Waals surface area (Å²) in [6, 6.07) is 0.144. The van der Waals surface area contributed by atoms with Crippen molar-refractivity contribution in [2.75, 3.05) is 11.9 Å². The van der Waals surface area contributed by atoms with E-state index >= 15 is 0 Å². The summed E-state index contributed by atoms with van der Waals surface area (Å²) in [5.74, 6) is -0.300. The van der Waals surface area contributed by atoms with E-state index in [0.717, 1.165) is 25.0 Å². The summed E-state index contributed by atoms with van der Waals surface area (Å²) in [5, 5.41) is 9.56. The van der Waals surface area contributed by atoms with Crippen molar-refractivity contribution < 1.29 is 9.53 Å². The first-order valence-electron chi connectivity index (χ1n) is 9.04. The molecule has 0 radical (unpaired) electrons. The Morgan fingerprint density at radius 1 is 1.32 bits per heavy atom. The molecular weight excluding hydrogens is 378 g/mol. The number of carbonyl (C=O) groups excluding carboxylic acids is 1. The maximum absolute atomic E-state index is 12.7. The van der Waals surface area contributed by atoms with Crippen LogP contribution in [0.1, 0.15) is 41.5 Å². The molecule has 10 heteroatoms. The van der Waals surface area contributed by atoms with E-state index in [4.69, 9.17) is 10.5 Å². The predicted octanol–water partition coefficient (Wildman–Crippen LogP) is 2.15. The molecule has 146 valence electrons. The molecule has 3 aromatic rings. The molecule has 3 aromatic heterocycles. The monoisotopic (exact) mass is 399 g/mol. The van der Waals surface area contributed by atoms with Crippen LogP contribution in [-0.4, -0.2) is 43.3 Å². The lowest BCUT2D eigenvalue weighted by Crippen LogP contribution is -2.19. The summed E-state index contributed by atoms with van der Waals surface area (Å²) in [5.41, 5.74) is 8.47. The fourth-order valence-corrected chi connectivity index (χ4v) is 3.95. The fraction of sp³-hybridized carbons (Fsp3) is 0.389. The quantitative estimate of drug-likeness (QED) is 0.689. The molecule has 1 unspecified atom stereocenters. The molecule has 1 aliphatic heterocycles. The van der Waals surface area contributed by atoms with E-state index in [1.807, 2.05) is 7.05 Å². The maximum atomic E-state index is 12.7. The van der Waals surface area contributed by atoms with Gasteiger partial charge in [0.1, 0.15) is 22.5 Å². The standard InChI is InChI=1S/C18H21N7O2S/c1-25-16(15-3-2-11(19)4-7-27-15)12(9-22-25)23-17(26)14-10-28-18(24-14)13-8-20-5-6-21-13/h5-6,8-11,15H,2-4,7,19H2,1H3,(H,23,26)/t11-,15?/m1/s1. The van der Waals surface area contributed by atoms with Crippen molar-refractivity contribution in [2.24, 2.45) is 12.8 Å². The van der Waals surface area contributed by atoms with E-state index in [-0.39, 0.29) is 18.1 Å². The second-order valence-corrected chi connectivity index (χ2v) is 7.49. The van der Waals surface area contributed by atoms with Crippen LogP contribution in [0.25, 0.3) is 10.7 Å². The van der Waals surface area contributed by atoms with Gasteiger partial charge in [-0.1, -0.05) is 0 Å². The molecule has 9 nitrogen and oxygen atoms in total. The summed E-state index contributed by atoms with van der Waals surface area (Å²) in [6.45, 7) is 0.595. The second kappa shape index (κ2) is 8.13. The third-order valence-corrected chi connectivity index (χ3v) is 5.53. The average Bonchev–Trinajstić information content (AvgIpc) is 3.27. The highest BCUT2D eigenvalue weighted by atomic mass is 32.1. The topological polar surface area (TPSA) is 121 Å². The average molecular weight is 399 g/mol. The summed E-state index contributed by atoms with van der Waals surface area (Å²) in [6.07, 6.45) is 8.79. The Bertz CT molecular complexity index is 956. The highest BCUT2D eigenvalue weighted by Crippen LogP contribution is 2.32. The molecule has 1 amide bonds. The fourth-order valence-electron chi connectivity index (χ4n) is 3.19. The van der Waals surface area contributed by atoms with Crippen molar-refractivity contribution in [3.05, 3.63) is 41.6 Å². The van der Waals surface area contributed by atoms with E-state index in [2.05, 4.69) is 25.4 Å². The first kappa shape index (κ1) is 18.7. The number of aromatic nitrogens is 5. The Hall–Kier alpha value is -2.69. The van der Waals surface area contributed by atoms with Crippen molar-refractivity contribution >= 4 is 22.9 Å². The van der Waals surface area contributed by atoms with Gasteiger partial charge in [-0.25, -0.2) is 4.98 Å². The number of ether oxygens (including phenoxy) is 1. The van der Waals surface area contributed by atoms with E-state index in [0.29, 0.717) is 28.7 Å². The molecule has 3 N–H and O–H groups in total. The van der Waals surface area contributed by atoms with Gasteiger partial charge in [-0.05, 0) is 19.3 Å². The lowest BCUT2D eigenvalue weighted by molar-refractivity contribution is 0.0529. The van der Waals surface area contributed by atoms with Gasteiger partial charge < -0.3 is 15.8 Å². The number of nitrogens with zero attached hydrogens (tertiary/aromatic N) is 5. The van der Waals surface area contributed by atoms with E-state index in [1.165, 1.54) is 11.3 Å². The van der Waals surface area contributed by atoms with Crippen LogP contribution in [0.2, 0.25) is 0 Å². The molecule has 0 aromatic carbocycles. The third-order valence-electron chi connectivity index (χ3n) is 4.66. The molecule has 28 heavy (non-hydrogen) atoms.